The van der Waals surface area contributed by atoms with E-state index in [0.717, 1.165) is 61.7 Å². The molecule has 3 heterocycles. The second kappa shape index (κ2) is 8.90. The van der Waals surface area contributed by atoms with Gasteiger partial charge in [-0.3, -0.25) is 0 Å². The van der Waals surface area contributed by atoms with E-state index in [1.54, 1.807) is 18.4 Å². The molecule has 35 heavy (non-hydrogen) atoms. The molecule has 0 N–H and O–H groups in total. The van der Waals surface area contributed by atoms with E-state index >= 15 is 0 Å². The van der Waals surface area contributed by atoms with Crippen LogP contribution >= 0.6 is 11.3 Å². The van der Waals surface area contributed by atoms with Gasteiger partial charge in [-0.15, -0.1) is 0 Å². The lowest BCUT2D eigenvalue weighted by Crippen LogP contribution is -2.15. The second-order valence-electron chi connectivity index (χ2n) is 8.36. The number of rotatable bonds is 3. The highest BCUT2D eigenvalue weighted by Gasteiger charge is 2.18. The van der Waals surface area contributed by atoms with Crippen LogP contribution in [0.15, 0.2) is 77.5 Å². The van der Waals surface area contributed by atoms with Crippen molar-refractivity contribution < 1.29 is 14.2 Å². The number of hydrogen-bond acceptors (Lipinski definition) is 4. The Balaban J connectivity index is 1.54. The number of benzene rings is 3. The third-order valence-corrected chi connectivity index (χ3v) is 6.97. The van der Waals surface area contributed by atoms with Crippen molar-refractivity contribution in [2.75, 3.05) is 20.3 Å². The molecule has 1 aliphatic rings. The Bertz CT molecular complexity index is 1590. The molecule has 1 aliphatic heterocycles. The van der Waals surface area contributed by atoms with Gasteiger partial charge in [0.05, 0.1) is 18.4 Å². The standard InChI is InChI=1S/C30H23NO3S/c1-31-27-11-6-22(23-7-12-28-29(18-23)34-15-14-33-28)17-26(27)25(10-3-20-13-16-35-19-20)30(31)21-4-8-24(32-2)9-5-21/h4-9,11-13,16-19H,14-15H2,1-2H3. The Morgan fingerprint density at radius 2 is 1.57 bits per heavy atom. The van der Waals surface area contributed by atoms with Crippen LogP contribution in [0.2, 0.25) is 0 Å². The first-order valence-corrected chi connectivity index (χ1v) is 12.4. The predicted molar refractivity (Wildman–Crippen MR) is 142 cm³/mol. The molecule has 0 spiro atoms. The molecule has 3 aromatic carbocycles. The summed E-state index contributed by atoms with van der Waals surface area (Å²) >= 11 is 1.66. The number of methoxy groups -OCH3 is 1. The zero-order chi connectivity index (χ0) is 23.8. The van der Waals surface area contributed by atoms with Crippen molar-refractivity contribution in [3.8, 4) is 51.5 Å². The summed E-state index contributed by atoms with van der Waals surface area (Å²) in [4.78, 5) is 0. The summed E-state index contributed by atoms with van der Waals surface area (Å²) in [5, 5.41) is 5.25. The van der Waals surface area contributed by atoms with Crippen LogP contribution in [0.1, 0.15) is 11.1 Å². The van der Waals surface area contributed by atoms with Crippen molar-refractivity contribution in [1.29, 1.82) is 0 Å². The molecule has 5 heteroatoms. The summed E-state index contributed by atoms with van der Waals surface area (Å²) in [7, 11) is 3.78. The van der Waals surface area contributed by atoms with Crippen LogP contribution in [0.3, 0.4) is 0 Å². The molecule has 0 aliphatic carbocycles. The highest BCUT2D eigenvalue weighted by atomic mass is 32.1. The molecule has 172 valence electrons. The lowest BCUT2D eigenvalue weighted by Gasteiger charge is -2.19. The Hall–Kier alpha value is -4.14. The van der Waals surface area contributed by atoms with Gasteiger partial charge in [-0.1, -0.05) is 24.0 Å². The molecule has 0 fully saturated rings. The maximum absolute atomic E-state index is 5.82. The average Bonchev–Trinajstić information content (AvgIpc) is 3.53. The van der Waals surface area contributed by atoms with Crippen LogP contribution in [0.4, 0.5) is 0 Å². The van der Waals surface area contributed by atoms with E-state index in [1.807, 2.05) is 18.2 Å². The highest BCUT2D eigenvalue weighted by molar-refractivity contribution is 7.08. The summed E-state index contributed by atoms with van der Waals surface area (Å²) in [5.74, 6) is 9.28. The van der Waals surface area contributed by atoms with Crippen molar-refractivity contribution in [3.05, 3.63) is 88.6 Å². The van der Waals surface area contributed by atoms with Crippen molar-refractivity contribution in [2.24, 2.45) is 7.05 Å². The van der Waals surface area contributed by atoms with Crippen LogP contribution < -0.4 is 14.2 Å². The summed E-state index contributed by atoms with van der Waals surface area (Å²) in [6, 6.07) is 22.9. The number of aromatic nitrogens is 1. The molecular formula is C30H23NO3S. The van der Waals surface area contributed by atoms with Gasteiger partial charge in [0.1, 0.15) is 19.0 Å². The van der Waals surface area contributed by atoms with Gasteiger partial charge in [-0.05, 0) is 76.7 Å². The zero-order valence-corrected chi connectivity index (χ0v) is 20.3. The summed E-state index contributed by atoms with van der Waals surface area (Å²) in [6.45, 7) is 1.16. The average molecular weight is 478 g/mol. The predicted octanol–water partition coefficient (Wildman–Crippen LogP) is 6.75. The number of fused-ring (bicyclic) bond motifs is 2. The minimum atomic E-state index is 0.571. The lowest BCUT2D eigenvalue weighted by molar-refractivity contribution is 0.171. The van der Waals surface area contributed by atoms with Crippen molar-refractivity contribution in [3.63, 3.8) is 0 Å². The zero-order valence-electron chi connectivity index (χ0n) is 19.5. The second-order valence-corrected chi connectivity index (χ2v) is 9.14. The SMILES string of the molecule is COc1ccc(-c2c(C#Cc3ccsc3)c3cc(-c4ccc5c(c4)OCCO5)ccc3n2C)cc1. The van der Waals surface area contributed by atoms with E-state index in [2.05, 4.69) is 82.7 Å². The number of thiophene rings is 1. The molecule has 4 nitrogen and oxygen atoms in total. The van der Waals surface area contributed by atoms with Gasteiger partial charge in [0.25, 0.3) is 0 Å². The van der Waals surface area contributed by atoms with Gasteiger partial charge >= 0.3 is 0 Å². The van der Waals surface area contributed by atoms with Crippen molar-refractivity contribution in [2.45, 2.75) is 0 Å². The van der Waals surface area contributed by atoms with E-state index in [-0.39, 0.29) is 0 Å². The van der Waals surface area contributed by atoms with Crippen LogP contribution in [0.5, 0.6) is 17.2 Å². The maximum atomic E-state index is 5.82. The van der Waals surface area contributed by atoms with E-state index in [9.17, 15) is 0 Å². The molecule has 0 saturated carbocycles. The summed E-state index contributed by atoms with van der Waals surface area (Å²) in [5.41, 5.74) is 7.55. The lowest BCUT2D eigenvalue weighted by atomic mass is 10.00. The molecule has 2 aromatic heterocycles. The Morgan fingerprint density at radius 3 is 2.34 bits per heavy atom. The molecule has 0 bridgehead atoms. The number of ether oxygens (including phenoxy) is 3. The topological polar surface area (TPSA) is 32.6 Å². The Labute approximate surface area is 208 Å². The summed E-state index contributed by atoms with van der Waals surface area (Å²) < 4.78 is 19.1. The van der Waals surface area contributed by atoms with Crippen LogP contribution in [0, 0.1) is 11.8 Å². The Kier molecular flexibility index (Phi) is 5.44. The van der Waals surface area contributed by atoms with Gasteiger partial charge in [0.2, 0.25) is 0 Å². The van der Waals surface area contributed by atoms with Gasteiger partial charge in [-0.25, -0.2) is 0 Å². The fraction of sp³-hybridized carbons (Fsp3) is 0.133. The summed E-state index contributed by atoms with van der Waals surface area (Å²) in [6.07, 6.45) is 0. The first-order valence-electron chi connectivity index (χ1n) is 11.4. The first-order chi connectivity index (χ1) is 17.2. The normalized spacial score (nSPS) is 12.3. The van der Waals surface area contributed by atoms with E-state index in [1.165, 1.54) is 0 Å². The molecule has 0 radical (unpaired) electrons. The minimum Gasteiger partial charge on any atom is -0.497 e. The highest BCUT2D eigenvalue weighted by Crippen LogP contribution is 2.38. The monoisotopic (exact) mass is 477 g/mol. The van der Waals surface area contributed by atoms with Crippen molar-refractivity contribution >= 4 is 22.2 Å². The van der Waals surface area contributed by atoms with Gasteiger partial charge in [0, 0.05) is 28.9 Å². The molecule has 0 unspecified atom stereocenters. The smallest absolute Gasteiger partial charge is 0.161 e. The third-order valence-electron chi connectivity index (χ3n) is 6.29. The molecule has 6 rings (SSSR count). The maximum Gasteiger partial charge on any atom is 0.161 e. The third kappa shape index (κ3) is 3.92. The number of hydrogen-bond donors (Lipinski definition) is 0. The van der Waals surface area contributed by atoms with E-state index in [0.29, 0.717) is 13.2 Å². The number of aryl methyl sites for hydroxylation is 1. The molecule has 0 atom stereocenters. The molecule has 0 saturated heterocycles. The molecular weight excluding hydrogens is 454 g/mol. The molecule has 0 amide bonds. The largest absolute Gasteiger partial charge is 0.497 e. The van der Waals surface area contributed by atoms with Gasteiger partial charge in [0.15, 0.2) is 11.5 Å². The first kappa shape index (κ1) is 21.4. The van der Waals surface area contributed by atoms with Crippen LogP contribution in [-0.4, -0.2) is 24.9 Å². The van der Waals surface area contributed by atoms with Crippen LogP contribution in [-0.2, 0) is 7.05 Å². The van der Waals surface area contributed by atoms with Crippen molar-refractivity contribution in [1.82, 2.24) is 4.57 Å². The van der Waals surface area contributed by atoms with Gasteiger partial charge in [-0.2, -0.15) is 11.3 Å². The van der Waals surface area contributed by atoms with E-state index in [4.69, 9.17) is 14.2 Å². The van der Waals surface area contributed by atoms with Gasteiger partial charge < -0.3 is 18.8 Å². The Morgan fingerprint density at radius 1 is 0.829 bits per heavy atom. The molecule has 5 aromatic rings. The quantitative estimate of drug-likeness (QED) is 0.269. The number of nitrogens with zero attached hydrogens (tertiary/aromatic N) is 1. The van der Waals surface area contributed by atoms with Crippen LogP contribution in [0.25, 0.3) is 33.3 Å². The van der Waals surface area contributed by atoms with E-state index < -0.39 is 0 Å². The minimum absolute atomic E-state index is 0.571. The fourth-order valence-electron chi connectivity index (χ4n) is 4.53. The fourth-order valence-corrected chi connectivity index (χ4v) is 5.12.